The van der Waals surface area contributed by atoms with Crippen molar-refractivity contribution in [2.45, 2.75) is 36.4 Å². The molecule has 170 valence electrons. The molecule has 0 aliphatic carbocycles. The number of ether oxygens (including phenoxy) is 1. The maximum Gasteiger partial charge on any atom is 0.273 e. The number of thioether (sulfide) groups is 1. The van der Waals surface area contributed by atoms with Crippen molar-refractivity contribution < 1.29 is 24.7 Å². The van der Waals surface area contributed by atoms with Crippen molar-refractivity contribution in [3.8, 4) is 0 Å². The Morgan fingerprint density at radius 2 is 1.78 bits per heavy atom. The van der Waals surface area contributed by atoms with Crippen LogP contribution in [0.15, 0.2) is 66.4 Å². The number of nitro benzene ring substituents is 1. The molecule has 2 N–H and O–H groups in total. The van der Waals surface area contributed by atoms with Crippen molar-refractivity contribution in [2.24, 2.45) is 0 Å². The van der Waals surface area contributed by atoms with Crippen molar-refractivity contribution in [2.75, 3.05) is 11.5 Å². The standard InChI is InChI=1S/C23H25NO6S2/c1-23(15-7-3-2-4-8-15)22(27)12-16(30-23)11-21(32-14-20(26)19(25)13-31)17-9-5-6-10-18(17)24(28)29/h2-10,12,19-21,25-26,31H,11,13-14H2,1H3/t19-,20-,21?,23?/m1/s1. The molecule has 7 nitrogen and oxygen atoms in total. The van der Waals surface area contributed by atoms with E-state index in [1.54, 1.807) is 25.1 Å². The second kappa shape index (κ2) is 10.5. The van der Waals surface area contributed by atoms with E-state index in [4.69, 9.17) is 4.74 Å². The lowest BCUT2D eigenvalue weighted by molar-refractivity contribution is -0.385. The lowest BCUT2D eigenvalue weighted by Crippen LogP contribution is -2.30. The van der Waals surface area contributed by atoms with E-state index >= 15 is 0 Å². The third kappa shape index (κ3) is 5.35. The molecule has 0 saturated carbocycles. The molecule has 4 atom stereocenters. The molecule has 1 aliphatic heterocycles. The summed E-state index contributed by atoms with van der Waals surface area (Å²) in [6.07, 6.45) is -0.401. The Kier molecular flexibility index (Phi) is 8.00. The highest BCUT2D eigenvalue weighted by atomic mass is 32.2. The van der Waals surface area contributed by atoms with Crippen LogP contribution in [0.4, 0.5) is 5.69 Å². The average Bonchev–Trinajstić information content (AvgIpc) is 3.10. The maximum absolute atomic E-state index is 12.8. The number of aliphatic hydroxyl groups excluding tert-OH is 2. The van der Waals surface area contributed by atoms with E-state index in [-0.39, 0.29) is 29.4 Å². The number of nitrogens with zero attached hydrogens (tertiary/aromatic N) is 1. The molecule has 9 heteroatoms. The number of carbonyl (C=O) groups excluding carboxylic acids is 1. The summed E-state index contributed by atoms with van der Waals surface area (Å²) in [5, 5.41) is 31.1. The zero-order chi connectivity index (χ0) is 23.3. The molecular formula is C23H25NO6S2. The van der Waals surface area contributed by atoms with Gasteiger partial charge in [-0.05, 0) is 6.92 Å². The van der Waals surface area contributed by atoms with Crippen molar-refractivity contribution in [3.05, 3.63) is 87.7 Å². The predicted octanol–water partition coefficient (Wildman–Crippen LogP) is 3.81. The summed E-state index contributed by atoms with van der Waals surface area (Å²) in [5.41, 5.74) is -0.0281. The van der Waals surface area contributed by atoms with E-state index < -0.39 is 28.0 Å². The largest absolute Gasteiger partial charge is 0.479 e. The zero-order valence-corrected chi connectivity index (χ0v) is 19.2. The van der Waals surface area contributed by atoms with Crippen molar-refractivity contribution in [1.82, 2.24) is 0 Å². The third-order valence-electron chi connectivity index (χ3n) is 5.39. The Hall–Kier alpha value is -2.33. The van der Waals surface area contributed by atoms with Crippen LogP contribution in [0.3, 0.4) is 0 Å². The van der Waals surface area contributed by atoms with Crippen LogP contribution in [0.2, 0.25) is 0 Å². The van der Waals surface area contributed by atoms with Gasteiger partial charge in [-0.1, -0.05) is 48.5 Å². The highest BCUT2D eigenvalue weighted by molar-refractivity contribution is 7.99. The van der Waals surface area contributed by atoms with Gasteiger partial charge in [-0.2, -0.15) is 24.4 Å². The van der Waals surface area contributed by atoms with Crippen LogP contribution in [0.5, 0.6) is 0 Å². The molecule has 1 aliphatic rings. The van der Waals surface area contributed by atoms with E-state index in [9.17, 15) is 25.1 Å². The number of carbonyl (C=O) groups is 1. The summed E-state index contributed by atoms with van der Waals surface area (Å²) in [5.74, 6) is 0.447. The van der Waals surface area contributed by atoms with Gasteiger partial charge >= 0.3 is 0 Å². The number of hydrogen-bond donors (Lipinski definition) is 3. The first-order chi connectivity index (χ1) is 15.3. The number of aliphatic hydroxyl groups is 2. The van der Waals surface area contributed by atoms with Crippen LogP contribution in [0.1, 0.15) is 29.7 Å². The molecule has 1 heterocycles. The number of thiol groups is 1. The van der Waals surface area contributed by atoms with Gasteiger partial charge in [0.1, 0.15) is 5.76 Å². The summed E-state index contributed by atoms with van der Waals surface area (Å²) in [6.45, 7) is 1.70. The predicted molar refractivity (Wildman–Crippen MR) is 127 cm³/mol. The fourth-order valence-electron chi connectivity index (χ4n) is 3.50. The molecule has 3 rings (SSSR count). The van der Waals surface area contributed by atoms with Crippen LogP contribution >= 0.6 is 24.4 Å². The van der Waals surface area contributed by atoms with Gasteiger partial charge in [-0.15, -0.1) is 0 Å². The minimum atomic E-state index is -1.16. The quantitative estimate of drug-likeness (QED) is 0.272. The molecule has 0 radical (unpaired) electrons. The SMILES string of the molecule is CC1(c2ccccc2)OC(CC(SC[C@@H](O)[C@H](O)CS)c2ccccc2[N+](=O)[O-])=CC1=O. The van der Waals surface area contributed by atoms with E-state index in [1.165, 1.54) is 23.9 Å². The second-order valence-electron chi connectivity index (χ2n) is 7.64. The Labute approximate surface area is 196 Å². The molecule has 0 amide bonds. The van der Waals surface area contributed by atoms with Gasteiger partial charge in [-0.3, -0.25) is 14.9 Å². The van der Waals surface area contributed by atoms with Crippen LogP contribution in [0.25, 0.3) is 0 Å². The summed E-state index contributed by atoms with van der Waals surface area (Å²) >= 11 is 5.26. The van der Waals surface area contributed by atoms with Gasteiger partial charge in [0, 0.05) is 46.4 Å². The molecule has 0 bridgehead atoms. The number of para-hydroxylation sites is 1. The fourth-order valence-corrected chi connectivity index (χ4v) is 5.05. The monoisotopic (exact) mass is 475 g/mol. The molecule has 2 aromatic rings. The van der Waals surface area contributed by atoms with Crippen LogP contribution in [-0.4, -0.2) is 44.6 Å². The first kappa shape index (κ1) is 24.3. The maximum atomic E-state index is 12.8. The van der Waals surface area contributed by atoms with Crippen LogP contribution in [0, 0.1) is 10.1 Å². The first-order valence-corrected chi connectivity index (χ1v) is 11.8. The number of ketones is 1. The molecule has 2 aromatic carbocycles. The van der Waals surface area contributed by atoms with Crippen molar-refractivity contribution in [3.63, 3.8) is 0 Å². The number of hydrogen-bond acceptors (Lipinski definition) is 8. The van der Waals surface area contributed by atoms with Gasteiger partial charge in [0.05, 0.1) is 17.1 Å². The Balaban J connectivity index is 1.86. The molecule has 2 unspecified atom stereocenters. The highest BCUT2D eigenvalue weighted by Gasteiger charge is 2.42. The summed E-state index contributed by atoms with van der Waals surface area (Å²) in [7, 11) is 0. The topological polar surface area (TPSA) is 110 Å². The fraction of sp³-hybridized carbons (Fsp3) is 0.348. The minimum absolute atomic E-state index is 0.0509. The van der Waals surface area contributed by atoms with Gasteiger partial charge in [0.25, 0.3) is 5.69 Å². The van der Waals surface area contributed by atoms with E-state index in [1.807, 2.05) is 30.3 Å². The summed E-state index contributed by atoms with van der Waals surface area (Å²) in [4.78, 5) is 23.9. The Bertz CT molecular complexity index is 999. The molecule has 0 aromatic heterocycles. The Morgan fingerprint density at radius 3 is 2.44 bits per heavy atom. The first-order valence-electron chi connectivity index (χ1n) is 10.1. The second-order valence-corrected chi connectivity index (χ2v) is 9.24. The molecule has 0 saturated heterocycles. The van der Waals surface area contributed by atoms with Crippen molar-refractivity contribution in [1.29, 1.82) is 0 Å². The molecular weight excluding hydrogens is 450 g/mol. The lowest BCUT2D eigenvalue weighted by atomic mass is 9.92. The summed E-state index contributed by atoms with van der Waals surface area (Å²) < 4.78 is 6.08. The molecule has 32 heavy (non-hydrogen) atoms. The number of nitro groups is 1. The lowest BCUT2D eigenvalue weighted by Gasteiger charge is -2.26. The summed E-state index contributed by atoms with van der Waals surface area (Å²) in [6, 6.07) is 15.5. The molecule has 0 fully saturated rings. The van der Waals surface area contributed by atoms with Gasteiger partial charge in [-0.25, -0.2) is 0 Å². The van der Waals surface area contributed by atoms with Gasteiger partial charge < -0.3 is 14.9 Å². The third-order valence-corrected chi connectivity index (χ3v) is 7.12. The van der Waals surface area contributed by atoms with Gasteiger partial charge in [0.15, 0.2) is 5.60 Å². The van der Waals surface area contributed by atoms with Crippen LogP contribution < -0.4 is 0 Å². The smallest absolute Gasteiger partial charge is 0.273 e. The van der Waals surface area contributed by atoms with E-state index in [0.29, 0.717) is 11.3 Å². The van der Waals surface area contributed by atoms with E-state index in [0.717, 1.165) is 5.56 Å². The molecule has 0 spiro atoms. The van der Waals surface area contributed by atoms with Crippen LogP contribution in [-0.2, 0) is 15.1 Å². The zero-order valence-electron chi connectivity index (χ0n) is 17.5. The normalized spacial score (nSPS) is 20.9. The van der Waals surface area contributed by atoms with E-state index in [2.05, 4.69) is 12.6 Å². The number of benzene rings is 2. The number of allylic oxidation sites excluding steroid dienone is 1. The average molecular weight is 476 g/mol. The van der Waals surface area contributed by atoms with Crippen molar-refractivity contribution >= 4 is 35.9 Å². The number of rotatable bonds is 10. The van der Waals surface area contributed by atoms with Gasteiger partial charge in [0.2, 0.25) is 5.78 Å². The highest BCUT2D eigenvalue weighted by Crippen LogP contribution is 2.44. The minimum Gasteiger partial charge on any atom is -0.479 e. The Morgan fingerprint density at radius 1 is 1.12 bits per heavy atom.